The number of halogens is 4. The Labute approximate surface area is 256 Å². The fraction of sp³-hybridized carbons (Fsp3) is 0.367. The molecule has 0 spiro atoms. The second kappa shape index (κ2) is 14.7. The fourth-order valence-electron chi connectivity index (χ4n) is 4.78. The number of guanidine groups is 1. The minimum atomic E-state index is -4.46. The molecule has 4 rings (SSSR count). The van der Waals surface area contributed by atoms with Gasteiger partial charge in [-0.1, -0.05) is 12.1 Å². The van der Waals surface area contributed by atoms with Crippen LogP contribution in [0.2, 0.25) is 0 Å². The van der Waals surface area contributed by atoms with Crippen LogP contribution in [0, 0.1) is 0 Å². The number of rotatable bonds is 14. The third-order valence-electron chi connectivity index (χ3n) is 7.01. The monoisotopic (exact) mass is 632 g/mol. The highest BCUT2D eigenvalue weighted by Gasteiger charge is 2.29. The molecular weight excluding hydrogens is 596 g/mol. The molecule has 9 nitrogen and oxygen atoms in total. The molecule has 0 radical (unpaired) electrons. The van der Waals surface area contributed by atoms with E-state index < -0.39 is 23.9 Å². The van der Waals surface area contributed by atoms with Crippen LogP contribution < -0.4 is 28.2 Å². The number of aromatic nitrogens is 3. The lowest BCUT2D eigenvalue weighted by Gasteiger charge is -2.15. The third kappa shape index (κ3) is 9.31. The summed E-state index contributed by atoms with van der Waals surface area (Å²) in [6.45, 7) is 2.64. The summed E-state index contributed by atoms with van der Waals surface area (Å²) < 4.78 is 53.9. The van der Waals surface area contributed by atoms with Crippen molar-refractivity contribution in [2.24, 2.45) is 22.2 Å². The molecule has 8 N–H and O–H groups in total. The Morgan fingerprint density at radius 1 is 1.14 bits per heavy atom. The molecule has 0 aliphatic heterocycles. The van der Waals surface area contributed by atoms with Crippen LogP contribution >= 0.6 is 11.8 Å². The molecule has 2 heterocycles. The van der Waals surface area contributed by atoms with E-state index in [9.17, 15) is 22.4 Å². The van der Waals surface area contributed by atoms with E-state index in [1.54, 1.807) is 18.3 Å². The number of nitrogens with zero attached hydrogens (tertiary/aromatic N) is 3. The summed E-state index contributed by atoms with van der Waals surface area (Å²) in [6.07, 6.45) is 3.83. The number of nitrogens with one attached hydrogen (secondary N) is 2. The van der Waals surface area contributed by atoms with Crippen molar-refractivity contribution in [3.05, 3.63) is 76.3 Å². The predicted molar refractivity (Wildman–Crippen MR) is 168 cm³/mol. The van der Waals surface area contributed by atoms with E-state index in [4.69, 9.17) is 17.2 Å². The van der Waals surface area contributed by atoms with E-state index in [1.165, 1.54) is 16.7 Å². The number of aliphatic imine (C=N–C) groups is 1. The lowest BCUT2D eigenvalue weighted by Crippen LogP contribution is -2.24. The molecule has 2 atom stereocenters. The molecular formula is C30H36F4N8OS. The Hall–Kier alpha value is -3.88. The van der Waals surface area contributed by atoms with Crippen molar-refractivity contribution in [2.45, 2.75) is 55.1 Å². The topological polar surface area (TPSA) is 153 Å². The second-order valence-electron chi connectivity index (χ2n) is 10.5. The molecule has 0 fully saturated rings. The zero-order valence-corrected chi connectivity index (χ0v) is 25.0. The van der Waals surface area contributed by atoms with Crippen LogP contribution in [-0.2, 0) is 6.42 Å². The highest BCUT2D eigenvalue weighted by molar-refractivity contribution is 8.00. The molecule has 44 heavy (non-hydrogen) atoms. The highest BCUT2D eigenvalue weighted by atomic mass is 32.2. The van der Waals surface area contributed by atoms with E-state index in [-0.39, 0.29) is 28.7 Å². The maximum Gasteiger partial charge on any atom is 0.446 e. The molecule has 0 saturated carbocycles. The summed E-state index contributed by atoms with van der Waals surface area (Å²) in [4.78, 5) is 24.2. The van der Waals surface area contributed by atoms with Gasteiger partial charge in [0, 0.05) is 40.8 Å². The predicted octanol–water partition coefficient (Wildman–Crippen LogP) is 4.93. The third-order valence-corrected chi connectivity index (χ3v) is 7.71. The summed E-state index contributed by atoms with van der Waals surface area (Å²) >= 11 is -0.200. The Morgan fingerprint density at radius 2 is 1.89 bits per heavy atom. The van der Waals surface area contributed by atoms with Gasteiger partial charge in [0.1, 0.15) is 12.3 Å². The Bertz CT molecular complexity index is 1630. The van der Waals surface area contributed by atoms with Crippen LogP contribution in [0.25, 0.3) is 28.0 Å². The van der Waals surface area contributed by atoms with Crippen molar-refractivity contribution in [1.82, 2.24) is 19.9 Å². The largest absolute Gasteiger partial charge is 0.446 e. The van der Waals surface area contributed by atoms with Gasteiger partial charge in [0.25, 0.3) is 0 Å². The number of alkyl halides is 4. The van der Waals surface area contributed by atoms with E-state index in [0.29, 0.717) is 59.3 Å². The molecule has 236 valence electrons. The molecule has 0 amide bonds. The molecule has 2 aromatic heterocycles. The van der Waals surface area contributed by atoms with Crippen LogP contribution in [0.15, 0.2) is 69.4 Å². The van der Waals surface area contributed by atoms with Crippen molar-refractivity contribution in [3.8, 4) is 16.9 Å². The first-order valence-corrected chi connectivity index (χ1v) is 15.0. The molecule has 4 aromatic rings. The minimum Gasteiger partial charge on any atom is -0.370 e. The standard InChI is InChI=1S/C30H36F4N8OS/c1-18(38-10-3-11-39-28(36)37)20-6-8-24(9-7-20)42-17-22-15-26(40-27(22)41-29(42)43)21-12-19(4-2-5-23(35)16-31)13-25(14-21)44-30(32,33)34/h6-9,12-15,17-18,23,38H,2-5,10-11,16,35H2,1H3,(H4,36,37,39)(H,40,41,43)/t18-,23+/m0/s1. The molecule has 0 unspecified atom stereocenters. The van der Waals surface area contributed by atoms with Crippen LogP contribution in [0.4, 0.5) is 17.6 Å². The normalized spacial score (nSPS) is 13.2. The lowest BCUT2D eigenvalue weighted by molar-refractivity contribution is -0.0328. The van der Waals surface area contributed by atoms with Crippen molar-refractivity contribution in [1.29, 1.82) is 0 Å². The van der Waals surface area contributed by atoms with Gasteiger partial charge in [0.15, 0.2) is 5.96 Å². The maximum atomic E-state index is 13.2. The van der Waals surface area contributed by atoms with Gasteiger partial charge in [-0.05, 0) is 104 Å². The lowest BCUT2D eigenvalue weighted by atomic mass is 10.0. The van der Waals surface area contributed by atoms with Crippen LogP contribution in [0.5, 0.6) is 0 Å². The second-order valence-corrected chi connectivity index (χ2v) is 11.7. The number of hydrogen-bond donors (Lipinski definition) is 5. The number of thioether (sulfide) groups is 1. The summed E-state index contributed by atoms with van der Waals surface area (Å²) in [5.74, 6) is 0.0690. The van der Waals surface area contributed by atoms with Gasteiger partial charge in [-0.2, -0.15) is 18.2 Å². The van der Waals surface area contributed by atoms with Gasteiger partial charge in [-0.3, -0.25) is 9.56 Å². The smallest absolute Gasteiger partial charge is 0.370 e. The first kappa shape index (κ1) is 33.0. The van der Waals surface area contributed by atoms with Gasteiger partial charge in [-0.15, -0.1) is 0 Å². The van der Waals surface area contributed by atoms with Crippen molar-refractivity contribution in [3.63, 3.8) is 0 Å². The molecule has 0 aliphatic carbocycles. The summed E-state index contributed by atoms with van der Waals surface area (Å²) in [6, 6.07) is 13.4. The molecule has 0 aliphatic rings. The number of aromatic amines is 1. The average molecular weight is 633 g/mol. The van der Waals surface area contributed by atoms with E-state index in [0.717, 1.165) is 18.5 Å². The first-order valence-electron chi connectivity index (χ1n) is 14.1. The SMILES string of the molecule is C[C@H](NCCCN=C(N)N)c1ccc(-n2cc3cc(-c4cc(CCC[C@@H](N)CF)cc(SC(F)(F)F)c4)[nH]c3nc2=O)cc1. The molecule has 2 aromatic carbocycles. The van der Waals surface area contributed by atoms with Crippen molar-refractivity contribution >= 4 is 28.8 Å². The fourth-order valence-corrected chi connectivity index (χ4v) is 5.44. The number of benzene rings is 2. The van der Waals surface area contributed by atoms with Crippen LogP contribution in [0.3, 0.4) is 0 Å². The van der Waals surface area contributed by atoms with Gasteiger partial charge < -0.3 is 27.5 Å². The summed E-state index contributed by atoms with van der Waals surface area (Å²) in [7, 11) is 0. The van der Waals surface area contributed by atoms with E-state index in [1.807, 2.05) is 31.2 Å². The van der Waals surface area contributed by atoms with Gasteiger partial charge >= 0.3 is 11.2 Å². The van der Waals surface area contributed by atoms with E-state index >= 15 is 0 Å². The number of aryl methyl sites for hydroxylation is 1. The van der Waals surface area contributed by atoms with Crippen molar-refractivity contribution in [2.75, 3.05) is 19.8 Å². The number of H-pyrrole nitrogens is 1. The van der Waals surface area contributed by atoms with Gasteiger partial charge in [-0.25, -0.2) is 9.18 Å². The first-order chi connectivity index (χ1) is 20.9. The average Bonchev–Trinajstić information content (AvgIpc) is 3.38. The maximum absolute atomic E-state index is 13.2. The van der Waals surface area contributed by atoms with Crippen LogP contribution in [-0.4, -0.2) is 51.8 Å². The van der Waals surface area contributed by atoms with Crippen molar-refractivity contribution < 1.29 is 17.6 Å². The van der Waals surface area contributed by atoms with Gasteiger partial charge in [0.2, 0.25) is 0 Å². The Kier molecular flexibility index (Phi) is 11.1. The van der Waals surface area contributed by atoms with E-state index in [2.05, 4.69) is 20.3 Å². The molecule has 0 bridgehead atoms. The number of nitrogens with two attached hydrogens (primary N) is 3. The molecule has 14 heteroatoms. The zero-order chi connectivity index (χ0) is 31.9. The van der Waals surface area contributed by atoms with Crippen LogP contribution in [0.1, 0.15) is 43.4 Å². The summed E-state index contributed by atoms with van der Waals surface area (Å²) in [5, 5.41) is 4.02. The Morgan fingerprint density at radius 3 is 2.57 bits per heavy atom. The summed E-state index contributed by atoms with van der Waals surface area (Å²) in [5.41, 5.74) is 15.0. The van der Waals surface area contributed by atoms with Gasteiger partial charge in [0.05, 0.1) is 5.69 Å². The number of fused-ring (bicyclic) bond motifs is 1. The number of hydrogen-bond acceptors (Lipinski definition) is 6. The Balaban J connectivity index is 1.55. The zero-order valence-electron chi connectivity index (χ0n) is 24.2. The highest BCUT2D eigenvalue weighted by Crippen LogP contribution is 2.39. The quantitative estimate of drug-likeness (QED) is 0.0435. The molecule has 0 saturated heterocycles. The minimum absolute atomic E-state index is 0.0311.